The topological polar surface area (TPSA) is 64.7 Å². The van der Waals surface area contributed by atoms with Gasteiger partial charge in [0.25, 0.3) is 0 Å². The number of nitrogens with zero attached hydrogens (tertiary/aromatic N) is 1. The highest BCUT2D eigenvalue weighted by molar-refractivity contribution is 5.70. The largest absolute Gasteiger partial charge is 0.493 e. The Labute approximate surface area is 193 Å². The molecule has 1 atom stereocenters. The molecule has 0 bridgehead atoms. The molecule has 5 nitrogen and oxygen atoms in total. The van der Waals surface area contributed by atoms with Crippen LogP contribution in [0.4, 0.5) is 0 Å². The molecule has 2 aromatic carbocycles. The number of aliphatic hydroxyl groups is 1. The SMILES string of the molecule is COc1ccc(-c2oc(-c3ccccn3)cc2C(O)c2ccccc2)cc1OC1CCCC1. The van der Waals surface area contributed by atoms with Crippen molar-refractivity contribution in [2.24, 2.45) is 0 Å². The number of hydrogen-bond donors (Lipinski definition) is 1. The van der Waals surface area contributed by atoms with Gasteiger partial charge in [-0.3, -0.25) is 4.98 Å². The zero-order chi connectivity index (χ0) is 22.6. The maximum atomic E-state index is 11.3. The number of aliphatic hydroxyl groups excluding tert-OH is 1. The van der Waals surface area contributed by atoms with Gasteiger partial charge in [0.15, 0.2) is 17.3 Å². The highest BCUT2D eigenvalue weighted by atomic mass is 16.5. The third-order valence-electron chi connectivity index (χ3n) is 6.11. The second-order valence-electron chi connectivity index (χ2n) is 8.31. The number of pyridine rings is 1. The minimum absolute atomic E-state index is 0.198. The van der Waals surface area contributed by atoms with Crippen molar-refractivity contribution in [2.45, 2.75) is 37.9 Å². The highest BCUT2D eigenvalue weighted by Crippen LogP contribution is 2.41. The lowest BCUT2D eigenvalue weighted by Gasteiger charge is -2.17. The quantitative estimate of drug-likeness (QED) is 0.358. The van der Waals surface area contributed by atoms with E-state index >= 15 is 0 Å². The summed E-state index contributed by atoms with van der Waals surface area (Å²) in [7, 11) is 1.65. The molecule has 33 heavy (non-hydrogen) atoms. The van der Waals surface area contributed by atoms with Gasteiger partial charge in [0.1, 0.15) is 17.6 Å². The van der Waals surface area contributed by atoms with Crippen LogP contribution in [0.2, 0.25) is 0 Å². The first-order chi connectivity index (χ1) is 16.2. The van der Waals surface area contributed by atoms with Crippen molar-refractivity contribution in [3.8, 4) is 34.3 Å². The first kappa shape index (κ1) is 21.3. The average Bonchev–Trinajstić information content (AvgIpc) is 3.55. The van der Waals surface area contributed by atoms with Crippen molar-refractivity contribution in [1.82, 2.24) is 4.98 Å². The molecule has 0 radical (unpaired) electrons. The summed E-state index contributed by atoms with van der Waals surface area (Å²) in [6.45, 7) is 0. The average molecular weight is 442 g/mol. The Hall–Kier alpha value is -3.57. The molecule has 1 fully saturated rings. The predicted octanol–water partition coefficient (Wildman–Crippen LogP) is 6.42. The molecule has 0 saturated heterocycles. The second-order valence-corrected chi connectivity index (χ2v) is 8.31. The van der Waals surface area contributed by atoms with E-state index < -0.39 is 6.10 Å². The lowest BCUT2D eigenvalue weighted by atomic mass is 9.98. The van der Waals surface area contributed by atoms with Crippen LogP contribution < -0.4 is 9.47 Å². The van der Waals surface area contributed by atoms with E-state index in [1.807, 2.05) is 72.8 Å². The van der Waals surface area contributed by atoms with Crippen molar-refractivity contribution in [3.63, 3.8) is 0 Å². The van der Waals surface area contributed by atoms with Crippen LogP contribution in [0.1, 0.15) is 42.9 Å². The minimum Gasteiger partial charge on any atom is -0.493 e. The maximum absolute atomic E-state index is 11.3. The molecule has 0 aliphatic heterocycles. The molecule has 0 amide bonds. The van der Waals surface area contributed by atoms with Crippen LogP contribution in [-0.4, -0.2) is 23.3 Å². The fourth-order valence-corrected chi connectivity index (χ4v) is 4.38. The van der Waals surface area contributed by atoms with Crippen molar-refractivity contribution in [3.05, 3.63) is 90.1 Å². The van der Waals surface area contributed by atoms with Gasteiger partial charge in [0.05, 0.1) is 13.2 Å². The van der Waals surface area contributed by atoms with Crippen LogP contribution >= 0.6 is 0 Å². The van der Waals surface area contributed by atoms with Gasteiger partial charge in [-0.1, -0.05) is 36.4 Å². The first-order valence-electron chi connectivity index (χ1n) is 11.4. The minimum atomic E-state index is -0.844. The van der Waals surface area contributed by atoms with Crippen LogP contribution in [0.25, 0.3) is 22.8 Å². The first-order valence-corrected chi connectivity index (χ1v) is 11.4. The van der Waals surface area contributed by atoms with Crippen LogP contribution in [0.5, 0.6) is 11.5 Å². The molecule has 168 valence electrons. The highest BCUT2D eigenvalue weighted by Gasteiger charge is 2.24. The normalized spacial score (nSPS) is 14.8. The standard InChI is InChI=1S/C28H27NO4/c1-31-24-15-14-20(17-26(24)32-21-11-5-6-12-21)28-22(27(30)19-9-3-2-4-10-19)18-25(33-28)23-13-7-8-16-29-23/h2-4,7-10,13-18,21,27,30H,5-6,11-12H2,1H3. The lowest BCUT2D eigenvalue weighted by Crippen LogP contribution is -2.11. The number of rotatable bonds is 7. The molecule has 1 unspecified atom stereocenters. The molecule has 5 heteroatoms. The summed E-state index contributed by atoms with van der Waals surface area (Å²) in [4.78, 5) is 4.42. The van der Waals surface area contributed by atoms with E-state index in [9.17, 15) is 5.11 Å². The Balaban J connectivity index is 1.59. The number of furan rings is 1. The van der Waals surface area contributed by atoms with Crippen LogP contribution in [0.15, 0.2) is 83.4 Å². The summed E-state index contributed by atoms with van der Waals surface area (Å²) < 4.78 is 18.2. The molecule has 0 spiro atoms. The summed E-state index contributed by atoms with van der Waals surface area (Å²) in [5.41, 5.74) is 3.00. The van der Waals surface area contributed by atoms with Crippen molar-refractivity contribution in [2.75, 3.05) is 7.11 Å². The van der Waals surface area contributed by atoms with E-state index in [0.29, 0.717) is 34.3 Å². The summed E-state index contributed by atoms with van der Waals surface area (Å²) >= 11 is 0. The van der Waals surface area contributed by atoms with Gasteiger partial charge >= 0.3 is 0 Å². The van der Waals surface area contributed by atoms with Crippen LogP contribution in [-0.2, 0) is 0 Å². The van der Waals surface area contributed by atoms with E-state index in [4.69, 9.17) is 13.9 Å². The summed E-state index contributed by atoms with van der Waals surface area (Å²) in [6, 6.07) is 22.9. The number of hydrogen-bond acceptors (Lipinski definition) is 5. The van der Waals surface area contributed by atoms with E-state index in [0.717, 1.165) is 24.0 Å². The molecular formula is C28H27NO4. The summed E-state index contributed by atoms with van der Waals surface area (Å²) in [5, 5.41) is 11.3. The van der Waals surface area contributed by atoms with Crippen molar-refractivity contribution < 1.29 is 19.0 Å². The molecular weight excluding hydrogens is 414 g/mol. The summed E-state index contributed by atoms with van der Waals surface area (Å²) in [5.74, 6) is 2.57. The Kier molecular flexibility index (Phi) is 6.13. The zero-order valence-corrected chi connectivity index (χ0v) is 18.6. The summed E-state index contributed by atoms with van der Waals surface area (Å²) in [6.07, 6.45) is 5.56. The van der Waals surface area contributed by atoms with E-state index in [2.05, 4.69) is 4.98 Å². The number of benzene rings is 2. The third-order valence-corrected chi connectivity index (χ3v) is 6.11. The number of methoxy groups -OCH3 is 1. The second kappa shape index (κ2) is 9.51. The van der Waals surface area contributed by atoms with Gasteiger partial charge in [0.2, 0.25) is 0 Å². The molecule has 5 rings (SSSR count). The fourth-order valence-electron chi connectivity index (χ4n) is 4.38. The van der Waals surface area contributed by atoms with Crippen molar-refractivity contribution >= 4 is 0 Å². The van der Waals surface area contributed by atoms with E-state index in [1.54, 1.807) is 13.3 Å². The molecule has 2 aromatic heterocycles. The van der Waals surface area contributed by atoms with E-state index in [-0.39, 0.29) is 6.10 Å². The molecule has 1 N–H and O–H groups in total. The van der Waals surface area contributed by atoms with Crippen molar-refractivity contribution in [1.29, 1.82) is 0 Å². The smallest absolute Gasteiger partial charge is 0.162 e. The Morgan fingerprint density at radius 1 is 0.939 bits per heavy atom. The van der Waals surface area contributed by atoms with Crippen LogP contribution in [0.3, 0.4) is 0 Å². The van der Waals surface area contributed by atoms with Gasteiger partial charge in [0, 0.05) is 17.3 Å². The fraction of sp³-hybridized carbons (Fsp3) is 0.250. The molecule has 1 saturated carbocycles. The molecule has 1 aliphatic rings. The van der Waals surface area contributed by atoms with E-state index in [1.165, 1.54) is 12.8 Å². The van der Waals surface area contributed by atoms with Gasteiger partial charge in [-0.2, -0.15) is 0 Å². The Morgan fingerprint density at radius 3 is 2.45 bits per heavy atom. The Morgan fingerprint density at radius 2 is 1.73 bits per heavy atom. The van der Waals surface area contributed by atoms with Gasteiger partial charge in [-0.25, -0.2) is 0 Å². The lowest BCUT2D eigenvalue weighted by molar-refractivity contribution is 0.201. The number of aromatic nitrogens is 1. The monoisotopic (exact) mass is 441 g/mol. The van der Waals surface area contributed by atoms with Gasteiger partial charge in [-0.15, -0.1) is 0 Å². The molecule has 4 aromatic rings. The van der Waals surface area contributed by atoms with Gasteiger partial charge in [-0.05, 0) is 67.6 Å². The molecule has 1 aliphatic carbocycles. The predicted molar refractivity (Wildman–Crippen MR) is 127 cm³/mol. The molecule has 2 heterocycles. The third kappa shape index (κ3) is 4.50. The van der Waals surface area contributed by atoms with Gasteiger partial charge < -0.3 is 19.0 Å². The Bertz CT molecular complexity index is 1200. The number of ether oxygens (including phenoxy) is 2. The van der Waals surface area contributed by atoms with Crippen LogP contribution in [0, 0.1) is 0 Å². The maximum Gasteiger partial charge on any atom is 0.162 e. The zero-order valence-electron chi connectivity index (χ0n) is 18.6.